The van der Waals surface area contributed by atoms with E-state index < -0.39 is 49.5 Å². The number of ether oxygens (including phenoxy) is 2. The molecule has 0 bridgehead atoms. The first-order valence-electron chi connectivity index (χ1n) is 29.0. The Hall–Kier alpha value is -2.89. The topological polar surface area (TPSA) is 149 Å². The summed E-state index contributed by atoms with van der Waals surface area (Å²) >= 11 is 0. The molecule has 9 heteroatoms. The van der Waals surface area contributed by atoms with Crippen LogP contribution in [0.2, 0.25) is 0 Å². The first-order valence-corrected chi connectivity index (χ1v) is 29.0. The molecule has 9 nitrogen and oxygen atoms in total. The van der Waals surface area contributed by atoms with Gasteiger partial charge in [0, 0.05) is 6.42 Å². The molecule has 0 radical (unpaired) electrons. The van der Waals surface area contributed by atoms with Crippen molar-refractivity contribution in [2.45, 2.75) is 275 Å². The SMILES string of the molecule is CC/C=C\C/C=C\C/C=C\C/C=C\C/C=C\CCCCCCCCCCCCCCCC(=O)NC(COC1OC(CO)C(O)C(O)C1O)C(O)/C=C/CC/C=C/CC/C=C/CCCCCCCCCCC. The molecule has 0 saturated carbocycles. The molecule has 7 unspecified atom stereocenters. The number of carbonyl (C=O) groups is 1. The van der Waals surface area contributed by atoms with E-state index in [9.17, 15) is 30.3 Å². The molecule has 1 heterocycles. The van der Waals surface area contributed by atoms with Crippen molar-refractivity contribution >= 4 is 5.91 Å². The van der Waals surface area contributed by atoms with E-state index in [-0.39, 0.29) is 12.5 Å². The van der Waals surface area contributed by atoms with Gasteiger partial charge in [0.05, 0.1) is 25.4 Å². The van der Waals surface area contributed by atoms with Gasteiger partial charge >= 0.3 is 0 Å². The molecular weight excluding hydrogens is 887 g/mol. The van der Waals surface area contributed by atoms with E-state index in [1.807, 2.05) is 6.08 Å². The fraction of sp³-hybridized carbons (Fsp3) is 0.726. The number of allylic oxidation sites excluding steroid dienone is 15. The first kappa shape index (κ1) is 66.1. The summed E-state index contributed by atoms with van der Waals surface area (Å²) in [4.78, 5) is 13.1. The van der Waals surface area contributed by atoms with Crippen LogP contribution in [-0.4, -0.2) is 87.5 Å². The highest BCUT2D eigenvalue weighted by atomic mass is 16.7. The van der Waals surface area contributed by atoms with Gasteiger partial charge in [-0.15, -0.1) is 0 Å². The normalized spacial score (nSPS) is 20.0. The molecule has 408 valence electrons. The minimum atomic E-state index is -1.58. The van der Waals surface area contributed by atoms with Gasteiger partial charge in [0.1, 0.15) is 24.4 Å². The van der Waals surface area contributed by atoms with Gasteiger partial charge in [0.25, 0.3) is 0 Å². The number of nitrogens with one attached hydrogen (secondary N) is 1. The molecule has 1 rings (SSSR count). The zero-order valence-corrected chi connectivity index (χ0v) is 45.2. The number of aliphatic hydroxyl groups excluding tert-OH is 5. The fourth-order valence-corrected chi connectivity index (χ4v) is 8.57. The van der Waals surface area contributed by atoms with E-state index in [1.54, 1.807) is 6.08 Å². The zero-order chi connectivity index (χ0) is 51.5. The number of rotatable bonds is 48. The molecule has 0 spiro atoms. The van der Waals surface area contributed by atoms with Crippen molar-refractivity contribution in [3.05, 3.63) is 97.2 Å². The van der Waals surface area contributed by atoms with Crippen molar-refractivity contribution in [3.63, 3.8) is 0 Å². The van der Waals surface area contributed by atoms with Crippen molar-refractivity contribution in [1.29, 1.82) is 0 Å². The molecule has 0 aromatic carbocycles. The largest absolute Gasteiger partial charge is 0.394 e. The Labute approximate surface area is 434 Å². The lowest BCUT2D eigenvalue weighted by Gasteiger charge is -2.40. The van der Waals surface area contributed by atoms with Crippen LogP contribution in [0.5, 0.6) is 0 Å². The summed E-state index contributed by atoms with van der Waals surface area (Å²) in [5.74, 6) is -0.195. The van der Waals surface area contributed by atoms with Crippen molar-refractivity contribution in [1.82, 2.24) is 5.32 Å². The van der Waals surface area contributed by atoms with E-state index in [0.717, 1.165) is 83.5 Å². The second kappa shape index (κ2) is 50.6. The monoisotopic (exact) mass is 994 g/mol. The van der Waals surface area contributed by atoms with Crippen molar-refractivity contribution < 1.29 is 39.8 Å². The molecule has 1 aliphatic heterocycles. The first-order chi connectivity index (χ1) is 34.8. The predicted molar refractivity (Wildman–Crippen MR) is 299 cm³/mol. The Bertz CT molecular complexity index is 1430. The highest BCUT2D eigenvalue weighted by Gasteiger charge is 2.44. The lowest BCUT2D eigenvalue weighted by Crippen LogP contribution is -2.60. The van der Waals surface area contributed by atoms with Gasteiger partial charge in [-0.3, -0.25) is 4.79 Å². The fourth-order valence-electron chi connectivity index (χ4n) is 8.57. The van der Waals surface area contributed by atoms with Crippen LogP contribution < -0.4 is 5.32 Å². The molecule has 0 aromatic heterocycles. The van der Waals surface area contributed by atoms with E-state index in [4.69, 9.17) is 9.47 Å². The Morgan fingerprint density at radius 1 is 0.493 bits per heavy atom. The highest BCUT2D eigenvalue weighted by Crippen LogP contribution is 2.23. The number of aliphatic hydroxyl groups is 5. The number of amides is 1. The lowest BCUT2D eigenvalue weighted by molar-refractivity contribution is -0.302. The Kier molecular flexibility index (Phi) is 47.2. The summed E-state index contributed by atoms with van der Waals surface area (Å²) in [5.41, 5.74) is 0. The third kappa shape index (κ3) is 40.2. The molecule has 1 amide bonds. The third-order valence-corrected chi connectivity index (χ3v) is 13.1. The Morgan fingerprint density at radius 2 is 0.887 bits per heavy atom. The van der Waals surface area contributed by atoms with Gasteiger partial charge in [-0.2, -0.15) is 0 Å². The molecule has 71 heavy (non-hydrogen) atoms. The van der Waals surface area contributed by atoms with Crippen LogP contribution in [0, 0.1) is 0 Å². The maximum atomic E-state index is 13.1. The quantitative estimate of drug-likeness (QED) is 0.0261. The maximum Gasteiger partial charge on any atom is 0.220 e. The van der Waals surface area contributed by atoms with Gasteiger partial charge in [-0.1, -0.05) is 233 Å². The molecule has 6 N–H and O–H groups in total. The van der Waals surface area contributed by atoms with Gasteiger partial charge in [0.15, 0.2) is 6.29 Å². The van der Waals surface area contributed by atoms with E-state index in [1.165, 1.54) is 128 Å². The van der Waals surface area contributed by atoms with Gasteiger partial charge in [-0.05, 0) is 89.9 Å². The molecule has 0 aliphatic carbocycles. The summed E-state index contributed by atoms with van der Waals surface area (Å²) in [6.07, 6.45) is 66.1. The average molecular weight is 995 g/mol. The van der Waals surface area contributed by atoms with Crippen molar-refractivity contribution in [3.8, 4) is 0 Å². The van der Waals surface area contributed by atoms with Crippen LogP contribution in [0.25, 0.3) is 0 Å². The van der Waals surface area contributed by atoms with Gasteiger partial charge in [-0.25, -0.2) is 0 Å². The van der Waals surface area contributed by atoms with E-state index in [2.05, 4.69) is 104 Å². The van der Waals surface area contributed by atoms with E-state index >= 15 is 0 Å². The summed E-state index contributed by atoms with van der Waals surface area (Å²) in [5, 5.41) is 54.5. The van der Waals surface area contributed by atoms with Crippen LogP contribution in [0.3, 0.4) is 0 Å². The zero-order valence-electron chi connectivity index (χ0n) is 45.2. The summed E-state index contributed by atoms with van der Waals surface area (Å²) in [6, 6.07) is -0.835. The van der Waals surface area contributed by atoms with Crippen LogP contribution in [0.4, 0.5) is 0 Å². The molecule has 1 saturated heterocycles. The van der Waals surface area contributed by atoms with Crippen LogP contribution in [-0.2, 0) is 14.3 Å². The molecule has 1 aliphatic rings. The van der Waals surface area contributed by atoms with Crippen molar-refractivity contribution in [2.75, 3.05) is 13.2 Å². The van der Waals surface area contributed by atoms with Gasteiger partial charge in [0.2, 0.25) is 5.91 Å². The second-order valence-electron chi connectivity index (χ2n) is 19.7. The highest BCUT2D eigenvalue weighted by molar-refractivity contribution is 5.76. The van der Waals surface area contributed by atoms with Crippen LogP contribution >= 0.6 is 0 Å². The summed E-state index contributed by atoms with van der Waals surface area (Å²) < 4.78 is 11.2. The number of unbranched alkanes of at least 4 members (excludes halogenated alkanes) is 24. The summed E-state index contributed by atoms with van der Waals surface area (Å²) in [6.45, 7) is 3.64. The lowest BCUT2D eigenvalue weighted by atomic mass is 9.99. The van der Waals surface area contributed by atoms with Crippen molar-refractivity contribution in [2.24, 2.45) is 0 Å². The number of carbonyl (C=O) groups excluding carboxylic acids is 1. The van der Waals surface area contributed by atoms with Crippen LogP contribution in [0.1, 0.15) is 232 Å². The minimum Gasteiger partial charge on any atom is -0.394 e. The van der Waals surface area contributed by atoms with E-state index in [0.29, 0.717) is 6.42 Å². The van der Waals surface area contributed by atoms with Gasteiger partial charge < -0.3 is 40.3 Å². The minimum absolute atomic E-state index is 0.195. The third-order valence-electron chi connectivity index (χ3n) is 13.1. The smallest absolute Gasteiger partial charge is 0.220 e. The van der Waals surface area contributed by atoms with Crippen LogP contribution in [0.15, 0.2) is 97.2 Å². The number of hydrogen-bond donors (Lipinski definition) is 6. The molecule has 7 atom stereocenters. The molecule has 0 aromatic rings. The summed E-state index contributed by atoms with van der Waals surface area (Å²) in [7, 11) is 0. The standard InChI is InChI=1S/C62H107NO8/c1-3-5-7-9-11-13-15-17-19-21-23-24-25-26-27-28-29-30-31-32-34-36-38-40-42-44-46-48-50-52-58(66)63-55(54-70-62-61(69)60(68)59(67)57(53-64)71-62)56(65)51-49-47-45-43-41-39-37-35-33-22-20-18-16-14-12-10-8-6-4-2/h5,7,11,13,17,19,23-24,26-27,33,35,41,43,49,51,55-57,59-62,64-65,67-69H,3-4,6,8-10,12,14-16,18,20-22,25,28-32,34,36-40,42,44-48,50,52-54H2,1-2H3,(H,63,66)/b7-5-,13-11-,19-17-,24-23-,27-26-,35-33+,43-41+,51-49+. The Morgan fingerprint density at radius 3 is 1.35 bits per heavy atom. The Balaban J connectivity index is 2.24. The second-order valence-corrected chi connectivity index (χ2v) is 19.7. The number of hydrogen-bond acceptors (Lipinski definition) is 8. The molecule has 1 fully saturated rings. The maximum absolute atomic E-state index is 13.1. The molecular formula is C62H107NO8. The average Bonchev–Trinajstić information content (AvgIpc) is 3.37. The predicted octanol–water partition coefficient (Wildman–Crippen LogP) is 14.4.